The molecule has 1 atom stereocenters. The molecule has 0 aliphatic carbocycles. The van der Waals surface area contributed by atoms with Crippen LogP contribution in [0.1, 0.15) is 32.6 Å². The summed E-state index contributed by atoms with van der Waals surface area (Å²) in [5.41, 5.74) is 1.71. The van der Waals surface area contributed by atoms with E-state index in [0.29, 0.717) is 24.4 Å². The number of hydrogen-bond acceptors (Lipinski definition) is 4. The molecular formula is C23H28FN5O. The van der Waals surface area contributed by atoms with Crippen LogP contribution in [0.25, 0.3) is 22.2 Å². The van der Waals surface area contributed by atoms with E-state index < -0.39 is 5.82 Å². The summed E-state index contributed by atoms with van der Waals surface area (Å²) in [5.74, 6) is 0.0504. The molecule has 1 fully saturated rings. The zero-order valence-corrected chi connectivity index (χ0v) is 17.4. The molecule has 1 N–H and O–H groups in total. The van der Waals surface area contributed by atoms with Crippen LogP contribution >= 0.6 is 0 Å². The number of nitrogens with zero attached hydrogens (tertiary/aromatic N) is 4. The number of amides is 1. The van der Waals surface area contributed by atoms with Gasteiger partial charge in [0.1, 0.15) is 5.69 Å². The molecule has 0 radical (unpaired) electrons. The van der Waals surface area contributed by atoms with Gasteiger partial charge in [-0.3, -0.25) is 19.8 Å². The number of aromatic amines is 1. The maximum Gasteiger partial charge on any atom is 0.215 e. The van der Waals surface area contributed by atoms with Gasteiger partial charge in [0, 0.05) is 30.2 Å². The molecule has 0 saturated carbocycles. The highest BCUT2D eigenvalue weighted by molar-refractivity contribution is 5.84. The highest BCUT2D eigenvalue weighted by Crippen LogP contribution is 2.29. The van der Waals surface area contributed by atoms with Crippen LogP contribution in [0.5, 0.6) is 0 Å². The average molecular weight is 410 g/mol. The number of rotatable bonds is 8. The lowest BCUT2D eigenvalue weighted by molar-refractivity contribution is -0.107. The number of carbonyl (C=O) groups excluding carboxylic acids is 1. The van der Waals surface area contributed by atoms with E-state index in [-0.39, 0.29) is 11.5 Å². The Morgan fingerprint density at radius 1 is 1.27 bits per heavy atom. The highest BCUT2D eigenvalue weighted by atomic mass is 19.1. The molecule has 4 rings (SSSR count). The fourth-order valence-corrected chi connectivity index (χ4v) is 4.17. The van der Waals surface area contributed by atoms with E-state index in [4.69, 9.17) is 0 Å². The molecule has 2 aromatic heterocycles. The summed E-state index contributed by atoms with van der Waals surface area (Å²) >= 11 is 0. The number of pyridine rings is 1. The van der Waals surface area contributed by atoms with E-state index >= 15 is 4.39 Å². The van der Waals surface area contributed by atoms with Crippen molar-refractivity contribution < 1.29 is 9.18 Å². The highest BCUT2D eigenvalue weighted by Gasteiger charge is 2.21. The lowest BCUT2D eigenvalue weighted by Crippen LogP contribution is -2.35. The normalized spacial score (nSPS) is 15.9. The van der Waals surface area contributed by atoms with Gasteiger partial charge in [0.2, 0.25) is 6.41 Å². The zero-order valence-electron chi connectivity index (χ0n) is 17.4. The van der Waals surface area contributed by atoms with E-state index in [9.17, 15) is 4.79 Å². The largest absolute Gasteiger partial charge is 0.303 e. The minimum Gasteiger partial charge on any atom is -0.303 e. The van der Waals surface area contributed by atoms with Gasteiger partial charge in [-0.15, -0.1) is 0 Å². The lowest BCUT2D eigenvalue weighted by atomic mass is 10.0. The number of hydrogen-bond donors (Lipinski definition) is 1. The fourth-order valence-electron chi connectivity index (χ4n) is 4.17. The fraction of sp³-hybridized carbons (Fsp3) is 0.435. The first kappa shape index (κ1) is 20.5. The first-order valence-electron chi connectivity index (χ1n) is 10.7. The number of anilines is 1. The van der Waals surface area contributed by atoms with Gasteiger partial charge in [-0.2, -0.15) is 5.10 Å². The summed E-state index contributed by atoms with van der Waals surface area (Å²) in [7, 11) is 0. The Kier molecular flexibility index (Phi) is 6.38. The predicted octanol–water partition coefficient (Wildman–Crippen LogP) is 4.24. The second kappa shape index (κ2) is 9.34. The molecule has 1 aromatic carbocycles. The minimum absolute atomic E-state index is 0.122. The lowest BCUT2D eigenvalue weighted by Gasteiger charge is -2.29. The number of H-pyrrole nitrogens is 1. The summed E-state index contributed by atoms with van der Waals surface area (Å²) in [4.78, 5) is 19.8. The summed E-state index contributed by atoms with van der Waals surface area (Å²) in [6.07, 6.45) is 7.06. The van der Waals surface area contributed by atoms with Gasteiger partial charge >= 0.3 is 0 Å². The summed E-state index contributed by atoms with van der Waals surface area (Å²) < 4.78 is 15.1. The molecule has 7 heteroatoms. The van der Waals surface area contributed by atoms with Gasteiger partial charge in [-0.05, 0) is 56.5 Å². The maximum absolute atomic E-state index is 15.1. The molecule has 0 spiro atoms. The molecule has 1 unspecified atom stereocenters. The van der Waals surface area contributed by atoms with Crippen LogP contribution < -0.4 is 4.90 Å². The van der Waals surface area contributed by atoms with Crippen LogP contribution in [0.2, 0.25) is 0 Å². The van der Waals surface area contributed by atoms with E-state index in [1.165, 1.54) is 24.2 Å². The number of nitrogens with one attached hydrogen (secondary N) is 1. The number of aromatic nitrogens is 3. The molecule has 1 saturated heterocycles. The standard InChI is InChI=1S/C23H28FN5O/c1-17(15-28-11-3-2-4-12-28)9-13-29(16-30)23-21(24)22(26-27-23)19-7-8-20-18(14-19)6-5-10-25-20/h5-8,10,14,16-17H,2-4,9,11-13,15H2,1H3,(H,26,27). The van der Waals surface area contributed by atoms with E-state index in [1.807, 2.05) is 24.3 Å². The molecule has 1 aliphatic heterocycles. The van der Waals surface area contributed by atoms with Gasteiger partial charge in [0.05, 0.1) is 5.52 Å². The Bertz CT molecular complexity index is 998. The Balaban J connectivity index is 1.44. The second-order valence-corrected chi connectivity index (χ2v) is 8.20. The van der Waals surface area contributed by atoms with Gasteiger partial charge in [0.15, 0.2) is 11.6 Å². The summed E-state index contributed by atoms with van der Waals surface area (Å²) in [6.45, 7) is 5.98. The van der Waals surface area contributed by atoms with Gasteiger partial charge < -0.3 is 4.90 Å². The first-order chi connectivity index (χ1) is 14.7. The van der Waals surface area contributed by atoms with E-state index in [0.717, 1.165) is 37.0 Å². The van der Waals surface area contributed by atoms with Crippen LogP contribution in [0, 0.1) is 11.7 Å². The van der Waals surface area contributed by atoms with Gasteiger partial charge in [-0.1, -0.05) is 25.5 Å². The first-order valence-corrected chi connectivity index (χ1v) is 10.7. The SMILES string of the molecule is CC(CCN(C=O)c1[nH]nc(-c2ccc3ncccc3c2)c1F)CN1CCCCC1. The van der Waals surface area contributed by atoms with Crippen LogP contribution in [-0.2, 0) is 4.79 Å². The maximum atomic E-state index is 15.1. The van der Waals surface area contributed by atoms with Gasteiger partial charge in [-0.25, -0.2) is 4.39 Å². The molecule has 30 heavy (non-hydrogen) atoms. The van der Waals surface area contributed by atoms with Crippen molar-refractivity contribution in [1.82, 2.24) is 20.1 Å². The molecule has 0 bridgehead atoms. The Labute approximate surface area is 176 Å². The third kappa shape index (κ3) is 4.51. The average Bonchev–Trinajstić information content (AvgIpc) is 3.16. The van der Waals surface area contributed by atoms with E-state index in [2.05, 4.69) is 27.0 Å². The van der Waals surface area contributed by atoms with Crippen molar-refractivity contribution in [2.75, 3.05) is 31.1 Å². The Hall–Kier alpha value is -2.80. The van der Waals surface area contributed by atoms with Crippen LogP contribution in [0.3, 0.4) is 0 Å². The van der Waals surface area contributed by atoms with Crippen LogP contribution in [0.4, 0.5) is 10.2 Å². The van der Waals surface area contributed by atoms with Crippen molar-refractivity contribution in [3.8, 4) is 11.3 Å². The topological polar surface area (TPSA) is 65.1 Å². The van der Waals surface area contributed by atoms with Crippen molar-refractivity contribution in [2.45, 2.75) is 32.6 Å². The number of likely N-dealkylation sites (tertiary alicyclic amines) is 1. The molecule has 1 aliphatic rings. The minimum atomic E-state index is -0.506. The molecule has 3 heterocycles. The third-order valence-electron chi connectivity index (χ3n) is 5.86. The van der Waals surface area contributed by atoms with Crippen molar-refractivity contribution in [2.24, 2.45) is 5.92 Å². The molecule has 1 amide bonds. The zero-order chi connectivity index (χ0) is 20.9. The van der Waals surface area contributed by atoms with Crippen molar-refractivity contribution in [3.05, 3.63) is 42.3 Å². The third-order valence-corrected chi connectivity index (χ3v) is 5.86. The quantitative estimate of drug-likeness (QED) is 0.565. The molecule has 6 nitrogen and oxygen atoms in total. The summed E-state index contributed by atoms with van der Waals surface area (Å²) in [6, 6.07) is 9.27. The molecule has 3 aromatic rings. The smallest absolute Gasteiger partial charge is 0.215 e. The number of fused-ring (bicyclic) bond motifs is 1. The number of halogens is 1. The Morgan fingerprint density at radius 3 is 2.90 bits per heavy atom. The van der Waals surface area contributed by atoms with Crippen LogP contribution in [-0.4, -0.2) is 52.7 Å². The number of piperidine rings is 1. The van der Waals surface area contributed by atoms with Crippen molar-refractivity contribution in [1.29, 1.82) is 0 Å². The predicted molar refractivity (Wildman–Crippen MR) is 117 cm³/mol. The molecule has 158 valence electrons. The van der Waals surface area contributed by atoms with Crippen molar-refractivity contribution >= 4 is 23.1 Å². The Morgan fingerprint density at radius 2 is 2.10 bits per heavy atom. The summed E-state index contributed by atoms with van der Waals surface area (Å²) in [5, 5.41) is 7.79. The number of carbonyl (C=O) groups is 1. The number of benzene rings is 1. The second-order valence-electron chi connectivity index (χ2n) is 8.20. The molecular weight excluding hydrogens is 381 g/mol. The monoisotopic (exact) mass is 409 g/mol. The van der Waals surface area contributed by atoms with Crippen LogP contribution in [0.15, 0.2) is 36.5 Å². The van der Waals surface area contributed by atoms with E-state index in [1.54, 1.807) is 12.3 Å². The van der Waals surface area contributed by atoms with Crippen molar-refractivity contribution in [3.63, 3.8) is 0 Å². The van der Waals surface area contributed by atoms with Gasteiger partial charge in [0.25, 0.3) is 0 Å².